The third kappa shape index (κ3) is 5.90. The summed E-state index contributed by atoms with van der Waals surface area (Å²) in [6.45, 7) is 5.15. The smallest absolute Gasteiger partial charge is 0.304 e. The van der Waals surface area contributed by atoms with Crippen LogP contribution < -0.4 is 0 Å². The van der Waals surface area contributed by atoms with Gasteiger partial charge in [0.1, 0.15) is 0 Å². The van der Waals surface area contributed by atoms with Crippen molar-refractivity contribution in [3.8, 4) is 0 Å². The van der Waals surface area contributed by atoms with Crippen molar-refractivity contribution < 1.29 is 23.1 Å². The van der Waals surface area contributed by atoms with E-state index >= 15 is 0 Å². The summed E-state index contributed by atoms with van der Waals surface area (Å²) in [6, 6.07) is 13.7. The highest BCUT2D eigenvalue weighted by Gasteiger charge is 2.56. The van der Waals surface area contributed by atoms with Crippen LogP contribution in [0.1, 0.15) is 76.0 Å². The van der Waals surface area contributed by atoms with Crippen LogP contribution in [0.3, 0.4) is 0 Å². The summed E-state index contributed by atoms with van der Waals surface area (Å²) in [5.41, 5.74) is 0.552. The zero-order valence-corrected chi connectivity index (χ0v) is 24.3. The van der Waals surface area contributed by atoms with E-state index < -0.39 is 38.6 Å². The Balaban J connectivity index is 1.96. The lowest BCUT2D eigenvalue weighted by Gasteiger charge is -2.53. The summed E-state index contributed by atoms with van der Waals surface area (Å²) < 4.78 is 26.5. The number of aliphatic carboxylic acids is 1. The number of piperidine rings is 1. The minimum absolute atomic E-state index is 0.0415. The van der Waals surface area contributed by atoms with E-state index in [4.69, 9.17) is 23.2 Å². The zero-order chi connectivity index (χ0) is 27.8. The molecule has 0 radical (unpaired) electrons. The SMILES string of the molecule is CC[C@]1(CC(=O)O)CC(c2cccc(Cl)c2)[C@@H](c2ccc(Cl)cc2)N(C(CS(=O)(=O)C(C)C)C2CC2)C1=O. The highest BCUT2D eigenvalue weighted by Crippen LogP contribution is 2.55. The van der Waals surface area contributed by atoms with E-state index in [9.17, 15) is 23.1 Å². The zero-order valence-electron chi connectivity index (χ0n) is 21.9. The van der Waals surface area contributed by atoms with Gasteiger partial charge in [-0.2, -0.15) is 0 Å². The van der Waals surface area contributed by atoms with Crippen LogP contribution in [-0.4, -0.2) is 47.3 Å². The third-order valence-electron chi connectivity index (χ3n) is 8.28. The van der Waals surface area contributed by atoms with Gasteiger partial charge in [-0.3, -0.25) is 9.59 Å². The Morgan fingerprint density at radius 3 is 2.26 bits per heavy atom. The van der Waals surface area contributed by atoms with Crippen LogP contribution in [0.2, 0.25) is 10.0 Å². The second kappa shape index (κ2) is 11.2. The fourth-order valence-corrected chi connectivity index (χ4v) is 7.49. The monoisotopic (exact) mass is 579 g/mol. The number of carbonyl (C=O) groups is 2. The van der Waals surface area contributed by atoms with Gasteiger partial charge in [0.25, 0.3) is 0 Å². The lowest BCUT2D eigenvalue weighted by molar-refractivity contribution is -0.162. The van der Waals surface area contributed by atoms with Gasteiger partial charge in [0.2, 0.25) is 5.91 Å². The molecule has 2 aliphatic rings. The number of carbonyl (C=O) groups excluding carboxylic acids is 1. The van der Waals surface area contributed by atoms with Crippen LogP contribution in [-0.2, 0) is 19.4 Å². The molecule has 0 spiro atoms. The van der Waals surface area contributed by atoms with Crippen molar-refractivity contribution in [1.29, 1.82) is 0 Å². The van der Waals surface area contributed by atoms with E-state index in [2.05, 4.69) is 0 Å². The summed E-state index contributed by atoms with van der Waals surface area (Å²) >= 11 is 12.6. The van der Waals surface area contributed by atoms with Gasteiger partial charge in [-0.05, 0) is 80.8 Å². The second-order valence-corrected chi connectivity index (χ2v) is 14.5. The molecule has 1 heterocycles. The van der Waals surface area contributed by atoms with Crippen LogP contribution >= 0.6 is 23.2 Å². The molecule has 38 heavy (non-hydrogen) atoms. The number of halogens is 2. The van der Waals surface area contributed by atoms with Gasteiger partial charge in [-0.25, -0.2) is 8.42 Å². The molecule has 206 valence electrons. The largest absolute Gasteiger partial charge is 0.481 e. The van der Waals surface area contributed by atoms with Gasteiger partial charge in [-0.15, -0.1) is 0 Å². The average Bonchev–Trinajstić information content (AvgIpc) is 3.69. The normalized spacial score (nSPS) is 25.0. The first kappa shape index (κ1) is 28.9. The summed E-state index contributed by atoms with van der Waals surface area (Å²) in [7, 11) is -3.50. The first-order valence-corrected chi connectivity index (χ1v) is 15.6. The van der Waals surface area contributed by atoms with Crippen molar-refractivity contribution in [1.82, 2.24) is 4.90 Å². The van der Waals surface area contributed by atoms with E-state index in [1.54, 1.807) is 36.9 Å². The lowest BCUT2D eigenvalue weighted by Crippen LogP contribution is -2.59. The molecule has 2 fully saturated rings. The molecule has 1 aliphatic carbocycles. The molecule has 2 unspecified atom stereocenters. The number of hydrogen-bond acceptors (Lipinski definition) is 4. The number of likely N-dealkylation sites (tertiary alicyclic amines) is 1. The maximum Gasteiger partial charge on any atom is 0.304 e. The summed E-state index contributed by atoms with van der Waals surface area (Å²) in [5.74, 6) is -1.74. The summed E-state index contributed by atoms with van der Waals surface area (Å²) in [4.78, 5) is 28.4. The van der Waals surface area contributed by atoms with E-state index in [1.807, 2.05) is 37.3 Å². The Morgan fingerprint density at radius 1 is 1.08 bits per heavy atom. The van der Waals surface area contributed by atoms with Crippen LogP contribution in [0, 0.1) is 11.3 Å². The van der Waals surface area contributed by atoms with Crippen molar-refractivity contribution in [2.24, 2.45) is 11.3 Å². The molecule has 1 saturated carbocycles. The first-order chi connectivity index (χ1) is 17.9. The van der Waals surface area contributed by atoms with Crippen LogP contribution in [0.25, 0.3) is 0 Å². The van der Waals surface area contributed by atoms with Crippen LogP contribution in [0.15, 0.2) is 48.5 Å². The molecule has 9 heteroatoms. The van der Waals surface area contributed by atoms with Crippen LogP contribution in [0.4, 0.5) is 0 Å². The Bertz CT molecular complexity index is 1290. The van der Waals surface area contributed by atoms with E-state index in [-0.39, 0.29) is 29.9 Å². The van der Waals surface area contributed by atoms with Crippen molar-refractivity contribution in [2.75, 3.05) is 5.75 Å². The number of nitrogens with zero attached hydrogens (tertiary/aromatic N) is 1. The highest BCUT2D eigenvalue weighted by atomic mass is 35.5. The van der Waals surface area contributed by atoms with E-state index in [0.29, 0.717) is 22.9 Å². The second-order valence-electron chi connectivity index (χ2n) is 11.1. The predicted molar refractivity (Wildman–Crippen MR) is 150 cm³/mol. The molecule has 6 nitrogen and oxygen atoms in total. The third-order valence-corrected chi connectivity index (χ3v) is 11.0. The summed E-state index contributed by atoms with van der Waals surface area (Å²) in [6.07, 6.45) is 1.97. The Kier molecular flexibility index (Phi) is 8.51. The van der Waals surface area contributed by atoms with Crippen molar-refractivity contribution in [2.45, 2.75) is 76.1 Å². The van der Waals surface area contributed by atoms with Gasteiger partial charge in [0.15, 0.2) is 9.84 Å². The molecular weight excluding hydrogens is 545 g/mol. The molecule has 1 saturated heterocycles. The highest BCUT2D eigenvalue weighted by molar-refractivity contribution is 7.92. The quantitative estimate of drug-likeness (QED) is 0.345. The fraction of sp³-hybridized carbons (Fsp3) is 0.517. The number of amides is 1. The number of carboxylic acid groups (broad SMARTS) is 1. The predicted octanol–water partition coefficient (Wildman–Crippen LogP) is 6.52. The Labute approximate surface area is 235 Å². The van der Waals surface area contributed by atoms with E-state index in [1.165, 1.54) is 0 Å². The molecule has 0 aromatic heterocycles. The number of hydrogen-bond donors (Lipinski definition) is 1. The number of carboxylic acids is 1. The summed E-state index contributed by atoms with van der Waals surface area (Å²) in [5, 5.41) is 10.4. The molecule has 1 aliphatic heterocycles. The fourth-order valence-electron chi connectivity index (χ4n) is 5.87. The van der Waals surface area contributed by atoms with Gasteiger partial charge < -0.3 is 10.0 Å². The van der Waals surface area contributed by atoms with Gasteiger partial charge in [0.05, 0.1) is 28.9 Å². The standard InChI is InChI=1S/C29H35Cl2NO5S/c1-4-29(16-26(33)34)15-24(21-6-5-7-23(31)14-21)27(20-10-12-22(30)13-11-20)32(28(29)35)25(19-8-9-19)17-38(36,37)18(2)3/h5-7,10-14,18-19,24-25,27H,4,8-9,15-17H2,1-3H3,(H,33,34)/t24?,25?,27-,29-/m1/s1. The minimum atomic E-state index is -3.50. The number of sulfone groups is 1. The number of rotatable bonds is 10. The maximum atomic E-state index is 14.6. The minimum Gasteiger partial charge on any atom is -0.481 e. The molecule has 2 aromatic carbocycles. The lowest BCUT2D eigenvalue weighted by atomic mass is 9.65. The topological polar surface area (TPSA) is 91.8 Å². The maximum absolute atomic E-state index is 14.6. The Morgan fingerprint density at radius 2 is 1.74 bits per heavy atom. The van der Waals surface area contributed by atoms with Crippen molar-refractivity contribution in [3.63, 3.8) is 0 Å². The molecule has 0 bridgehead atoms. The van der Waals surface area contributed by atoms with Crippen molar-refractivity contribution >= 4 is 44.9 Å². The molecule has 2 aromatic rings. The van der Waals surface area contributed by atoms with Gasteiger partial charge >= 0.3 is 5.97 Å². The molecule has 1 amide bonds. The molecule has 4 rings (SSSR count). The van der Waals surface area contributed by atoms with Gasteiger partial charge in [0, 0.05) is 22.0 Å². The molecule has 4 atom stereocenters. The Hall–Kier alpha value is -2.09. The van der Waals surface area contributed by atoms with Crippen LogP contribution in [0.5, 0.6) is 0 Å². The molecule has 1 N–H and O–H groups in total. The van der Waals surface area contributed by atoms with E-state index in [0.717, 1.165) is 24.0 Å². The molecular formula is C29H35Cl2NO5S. The van der Waals surface area contributed by atoms with Crippen molar-refractivity contribution in [3.05, 3.63) is 69.7 Å². The average molecular weight is 581 g/mol. The van der Waals surface area contributed by atoms with Gasteiger partial charge in [-0.1, -0.05) is 54.4 Å². The first-order valence-electron chi connectivity index (χ1n) is 13.2. The number of benzene rings is 2.